The van der Waals surface area contributed by atoms with E-state index in [1.54, 1.807) is 36.4 Å². The Bertz CT molecular complexity index is 672. The van der Waals surface area contributed by atoms with Crippen molar-refractivity contribution in [3.8, 4) is 11.5 Å². The zero-order valence-electron chi connectivity index (χ0n) is 11.2. The first-order chi connectivity index (χ1) is 10.2. The number of ether oxygens (including phenoxy) is 3. The molecule has 0 aliphatic carbocycles. The van der Waals surface area contributed by atoms with Crippen molar-refractivity contribution in [2.75, 3.05) is 17.8 Å². The van der Waals surface area contributed by atoms with Crippen LogP contribution in [-0.4, -0.2) is 12.9 Å². The minimum Gasteiger partial charge on any atom is -0.454 e. The Morgan fingerprint density at radius 1 is 1.19 bits per heavy atom. The highest BCUT2D eigenvalue weighted by atomic mass is 16.7. The lowest BCUT2D eigenvalue weighted by molar-refractivity contribution is 0.154. The molecule has 1 aliphatic heterocycles. The van der Waals surface area contributed by atoms with Crippen molar-refractivity contribution in [3.05, 3.63) is 48.0 Å². The van der Waals surface area contributed by atoms with Gasteiger partial charge in [-0.25, -0.2) is 4.79 Å². The summed E-state index contributed by atoms with van der Waals surface area (Å²) in [6.07, 6.45) is -0.543. The zero-order valence-corrected chi connectivity index (χ0v) is 11.2. The summed E-state index contributed by atoms with van der Waals surface area (Å²) in [7, 11) is 0. The number of carbonyl (C=O) groups excluding carboxylic acids is 1. The van der Waals surface area contributed by atoms with Crippen LogP contribution in [0.15, 0.2) is 42.5 Å². The number of nitrogens with two attached hydrogens (primary N) is 1. The van der Waals surface area contributed by atoms with Gasteiger partial charge in [0.05, 0.1) is 0 Å². The fourth-order valence-electron chi connectivity index (χ4n) is 1.95. The van der Waals surface area contributed by atoms with E-state index in [4.69, 9.17) is 19.9 Å². The number of nitrogens with one attached hydrogen (secondary N) is 1. The van der Waals surface area contributed by atoms with Crippen molar-refractivity contribution >= 4 is 17.5 Å². The van der Waals surface area contributed by atoms with Crippen molar-refractivity contribution in [2.45, 2.75) is 6.61 Å². The molecule has 0 radical (unpaired) electrons. The molecule has 2 aromatic rings. The molecule has 0 fully saturated rings. The standard InChI is InChI=1S/C15H14N2O4/c16-11-2-1-3-12(7-11)17-15(18)19-8-10-4-5-13-14(6-10)21-9-20-13/h1-7H,8-9,16H2,(H,17,18). The fourth-order valence-corrected chi connectivity index (χ4v) is 1.95. The van der Waals surface area contributed by atoms with Crippen LogP contribution in [-0.2, 0) is 11.3 Å². The van der Waals surface area contributed by atoms with Gasteiger partial charge in [0.25, 0.3) is 0 Å². The highest BCUT2D eigenvalue weighted by Crippen LogP contribution is 2.32. The van der Waals surface area contributed by atoms with E-state index < -0.39 is 6.09 Å². The predicted molar refractivity (Wildman–Crippen MR) is 77.2 cm³/mol. The molecule has 0 saturated heterocycles. The van der Waals surface area contributed by atoms with Crippen molar-refractivity contribution < 1.29 is 19.0 Å². The summed E-state index contributed by atoms with van der Waals surface area (Å²) in [5.41, 5.74) is 7.62. The lowest BCUT2D eigenvalue weighted by Crippen LogP contribution is -2.13. The number of fused-ring (bicyclic) bond motifs is 1. The molecule has 1 heterocycles. The van der Waals surface area contributed by atoms with Gasteiger partial charge in [0.15, 0.2) is 11.5 Å². The smallest absolute Gasteiger partial charge is 0.411 e. The Hall–Kier alpha value is -2.89. The van der Waals surface area contributed by atoms with Crippen LogP contribution in [0.3, 0.4) is 0 Å². The van der Waals surface area contributed by atoms with Gasteiger partial charge < -0.3 is 19.9 Å². The Balaban J connectivity index is 1.56. The summed E-state index contributed by atoms with van der Waals surface area (Å²) in [4.78, 5) is 11.7. The Morgan fingerprint density at radius 3 is 2.90 bits per heavy atom. The molecule has 3 rings (SSSR count). The van der Waals surface area contributed by atoms with Crippen LogP contribution in [0, 0.1) is 0 Å². The lowest BCUT2D eigenvalue weighted by Gasteiger charge is -2.08. The highest BCUT2D eigenvalue weighted by Gasteiger charge is 2.13. The topological polar surface area (TPSA) is 82.8 Å². The van der Waals surface area contributed by atoms with Crippen LogP contribution in [0.25, 0.3) is 0 Å². The summed E-state index contributed by atoms with van der Waals surface area (Å²) < 4.78 is 15.6. The van der Waals surface area contributed by atoms with Crippen molar-refractivity contribution in [1.82, 2.24) is 0 Å². The largest absolute Gasteiger partial charge is 0.454 e. The molecule has 0 aromatic heterocycles. The van der Waals surface area contributed by atoms with E-state index in [-0.39, 0.29) is 13.4 Å². The van der Waals surface area contributed by atoms with Crippen molar-refractivity contribution in [3.63, 3.8) is 0 Å². The SMILES string of the molecule is Nc1cccc(NC(=O)OCc2ccc3c(c2)OCO3)c1. The van der Waals surface area contributed by atoms with Gasteiger partial charge in [-0.2, -0.15) is 0 Å². The molecule has 2 aromatic carbocycles. The van der Waals surface area contributed by atoms with Crippen LogP contribution in [0.2, 0.25) is 0 Å². The normalized spacial score (nSPS) is 12.0. The first-order valence-corrected chi connectivity index (χ1v) is 6.38. The van der Waals surface area contributed by atoms with E-state index in [1.165, 1.54) is 0 Å². The Labute approximate surface area is 121 Å². The third-order valence-electron chi connectivity index (χ3n) is 2.94. The molecule has 108 valence electrons. The zero-order chi connectivity index (χ0) is 14.7. The Kier molecular flexibility index (Phi) is 3.51. The molecule has 0 atom stereocenters. The maximum absolute atomic E-state index is 11.7. The van der Waals surface area contributed by atoms with E-state index in [0.29, 0.717) is 22.9 Å². The van der Waals surface area contributed by atoms with Crippen molar-refractivity contribution in [2.24, 2.45) is 0 Å². The first kappa shape index (κ1) is 13.1. The second kappa shape index (κ2) is 5.62. The third kappa shape index (κ3) is 3.17. The quantitative estimate of drug-likeness (QED) is 0.848. The summed E-state index contributed by atoms with van der Waals surface area (Å²) in [5.74, 6) is 1.36. The molecule has 21 heavy (non-hydrogen) atoms. The second-order valence-corrected chi connectivity index (χ2v) is 4.51. The number of amides is 1. The van der Waals surface area contributed by atoms with E-state index in [2.05, 4.69) is 5.32 Å². The molecule has 0 spiro atoms. The molecule has 6 heteroatoms. The van der Waals surface area contributed by atoms with E-state index in [0.717, 1.165) is 5.56 Å². The molecule has 0 bridgehead atoms. The number of hydrogen-bond donors (Lipinski definition) is 2. The minimum atomic E-state index is -0.543. The second-order valence-electron chi connectivity index (χ2n) is 4.51. The van der Waals surface area contributed by atoms with Crippen LogP contribution in [0.5, 0.6) is 11.5 Å². The number of nitrogen functional groups attached to an aromatic ring is 1. The summed E-state index contributed by atoms with van der Waals surface area (Å²) in [6, 6.07) is 12.3. The number of benzene rings is 2. The van der Waals surface area contributed by atoms with E-state index >= 15 is 0 Å². The van der Waals surface area contributed by atoms with E-state index in [1.807, 2.05) is 6.07 Å². The summed E-state index contributed by atoms with van der Waals surface area (Å²) in [5, 5.41) is 2.61. The molecule has 1 amide bonds. The molecule has 1 aliphatic rings. The summed E-state index contributed by atoms with van der Waals surface area (Å²) in [6.45, 7) is 0.361. The summed E-state index contributed by atoms with van der Waals surface area (Å²) >= 11 is 0. The monoisotopic (exact) mass is 286 g/mol. The Morgan fingerprint density at radius 2 is 2.05 bits per heavy atom. The van der Waals surface area contributed by atoms with Crippen LogP contribution in [0.1, 0.15) is 5.56 Å². The van der Waals surface area contributed by atoms with Gasteiger partial charge in [-0.1, -0.05) is 12.1 Å². The molecule has 6 nitrogen and oxygen atoms in total. The molecule has 0 unspecified atom stereocenters. The predicted octanol–water partition coefficient (Wildman–Crippen LogP) is 2.75. The van der Waals surface area contributed by atoms with Gasteiger partial charge in [-0.15, -0.1) is 0 Å². The number of hydrogen-bond acceptors (Lipinski definition) is 5. The number of anilines is 2. The van der Waals surface area contributed by atoms with Crippen LogP contribution in [0.4, 0.5) is 16.2 Å². The highest BCUT2D eigenvalue weighted by molar-refractivity contribution is 5.85. The fraction of sp³-hybridized carbons (Fsp3) is 0.133. The van der Waals surface area contributed by atoms with Crippen LogP contribution < -0.4 is 20.5 Å². The van der Waals surface area contributed by atoms with Crippen molar-refractivity contribution in [1.29, 1.82) is 0 Å². The van der Waals surface area contributed by atoms with Gasteiger partial charge in [0.2, 0.25) is 6.79 Å². The first-order valence-electron chi connectivity index (χ1n) is 6.38. The maximum Gasteiger partial charge on any atom is 0.411 e. The van der Waals surface area contributed by atoms with Gasteiger partial charge in [-0.3, -0.25) is 5.32 Å². The van der Waals surface area contributed by atoms with Crippen LogP contribution >= 0.6 is 0 Å². The lowest BCUT2D eigenvalue weighted by atomic mass is 10.2. The van der Waals surface area contributed by atoms with Gasteiger partial charge in [0.1, 0.15) is 6.61 Å². The van der Waals surface area contributed by atoms with Gasteiger partial charge in [-0.05, 0) is 35.9 Å². The molecular formula is C15H14N2O4. The van der Waals surface area contributed by atoms with E-state index in [9.17, 15) is 4.79 Å². The minimum absolute atomic E-state index is 0.144. The van der Waals surface area contributed by atoms with Gasteiger partial charge >= 0.3 is 6.09 Å². The maximum atomic E-state index is 11.7. The number of rotatable bonds is 3. The molecule has 3 N–H and O–H groups in total. The average Bonchev–Trinajstić information content (AvgIpc) is 2.92. The molecule has 0 saturated carbocycles. The molecular weight excluding hydrogens is 272 g/mol. The van der Waals surface area contributed by atoms with Gasteiger partial charge in [0, 0.05) is 11.4 Å². The third-order valence-corrected chi connectivity index (χ3v) is 2.94. The number of carbonyl (C=O) groups is 1. The average molecular weight is 286 g/mol.